The smallest absolute Gasteiger partial charge is 0.316 e. The number of ether oxygens (including phenoxy) is 10. The van der Waals surface area contributed by atoms with Crippen LogP contribution in [0.1, 0.15) is 107 Å². The van der Waals surface area contributed by atoms with E-state index >= 15 is 0 Å². The maximum absolute atomic E-state index is 14.4. The fourth-order valence-electron chi connectivity index (χ4n) is 11.0. The molecule has 0 aromatic carbocycles. The molecule has 5 saturated heterocycles. The Morgan fingerprint density at radius 2 is 1.63 bits per heavy atom. The Balaban J connectivity index is 1.18. The van der Waals surface area contributed by atoms with Gasteiger partial charge < -0.3 is 62.7 Å². The average molecular weight is 875 g/mol. The number of hydrogen-bond donors (Lipinski definition) is 3. The van der Waals surface area contributed by atoms with Crippen LogP contribution >= 0.6 is 0 Å². The highest BCUT2D eigenvalue weighted by Gasteiger charge is 2.60. The van der Waals surface area contributed by atoms with E-state index in [4.69, 9.17) is 47.4 Å². The lowest BCUT2D eigenvalue weighted by molar-refractivity contribution is -0.340. The summed E-state index contributed by atoms with van der Waals surface area (Å²) in [7, 11) is 3.23. The molecule has 5 fully saturated rings. The standard InChI is InChI=1S/C48H74O14/c1-11-25(2)43-28(5)17-18-47(62-43)23-34-20-33(61-47)16-15-27(4)42(26(3)13-12-14-32-24-55-45-40(49)29(6)19-35(46(51)58-34)48(32,45)52)59-39-22-37(54-10)44(31(8)57-39)60-38-21-36(53-9)41(50)30(7)56-38/h12-15,19,25-26,28,30-31,33-45,49-50,52H,11,16-18,20-24H2,1-10H3/b13-12+,27-15+,32-14+/t25-,26+,28+,30+,31+,33-,34+,35-,36+,37+,38+,39+,40-,41+,42+,43-,44+,45-,47-,48-/m1/s1. The predicted octanol–water partition coefficient (Wildman–Crippen LogP) is 5.60. The molecule has 0 radical (unpaired) electrons. The van der Waals surface area contributed by atoms with Gasteiger partial charge in [-0.25, -0.2) is 0 Å². The first-order valence-electron chi connectivity index (χ1n) is 23.2. The molecular formula is C48H74O14. The third-order valence-electron chi connectivity index (χ3n) is 14.9. The lowest BCUT2D eigenvalue weighted by Crippen LogP contribution is -2.58. The number of esters is 1. The highest BCUT2D eigenvalue weighted by Crippen LogP contribution is 2.48. The third-order valence-corrected chi connectivity index (χ3v) is 14.9. The molecule has 350 valence electrons. The van der Waals surface area contributed by atoms with Crippen LogP contribution in [-0.4, -0.2) is 139 Å². The molecule has 6 heterocycles. The van der Waals surface area contributed by atoms with Crippen LogP contribution in [0, 0.1) is 23.7 Å². The van der Waals surface area contributed by atoms with Crippen molar-refractivity contribution in [3.63, 3.8) is 0 Å². The summed E-state index contributed by atoms with van der Waals surface area (Å²) in [6.45, 7) is 16.3. The molecule has 0 aromatic rings. The number of methoxy groups -OCH3 is 2. The van der Waals surface area contributed by atoms with E-state index in [2.05, 4.69) is 40.7 Å². The third kappa shape index (κ3) is 9.73. The van der Waals surface area contributed by atoms with Gasteiger partial charge in [-0.05, 0) is 69.1 Å². The molecule has 62 heavy (non-hydrogen) atoms. The lowest BCUT2D eigenvalue weighted by atomic mass is 9.71. The van der Waals surface area contributed by atoms with Gasteiger partial charge in [-0.1, -0.05) is 64.5 Å². The second-order valence-electron chi connectivity index (χ2n) is 19.4. The molecule has 3 N–H and O–H groups in total. The molecule has 0 amide bonds. The summed E-state index contributed by atoms with van der Waals surface area (Å²) < 4.78 is 63.9. The molecule has 7 aliphatic rings. The zero-order valence-corrected chi connectivity index (χ0v) is 38.5. The largest absolute Gasteiger partial charge is 0.462 e. The van der Waals surface area contributed by atoms with Crippen LogP contribution in [0.3, 0.4) is 0 Å². The van der Waals surface area contributed by atoms with Gasteiger partial charge in [0.2, 0.25) is 0 Å². The molecule has 0 aromatic heterocycles. The van der Waals surface area contributed by atoms with Gasteiger partial charge in [0, 0.05) is 52.2 Å². The van der Waals surface area contributed by atoms with Crippen molar-refractivity contribution in [3.05, 3.63) is 47.1 Å². The first kappa shape index (κ1) is 47.9. The number of aliphatic hydroxyl groups excluding tert-OH is 2. The van der Waals surface area contributed by atoms with Crippen LogP contribution in [0.5, 0.6) is 0 Å². The number of rotatable bonds is 8. The minimum absolute atomic E-state index is 0.00708. The van der Waals surface area contributed by atoms with Gasteiger partial charge in [0.15, 0.2) is 18.4 Å². The number of fused-ring (bicyclic) bond motifs is 2. The fourth-order valence-corrected chi connectivity index (χ4v) is 11.0. The summed E-state index contributed by atoms with van der Waals surface area (Å²) in [5.41, 5.74) is 0.188. The van der Waals surface area contributed by atoms with Gasteiger partial charge in [0.1, 0.15) is 42.0 Å². The number of carbonyl (C=O) groups excluding carboxylic acids is 1. The van der Waals surface area contributed by atoms with Gasteiger partial charge in [-0.2, -0.15) is 0 Å². The van der Waals surface area contributed by atoms with Gasteiger partial charge in [0.05, 0.1) is 49.3 Å². The van der Waals surface area contributed by atoms with E-state index in [0.717, 1.165) is 18.4 Å². The average Bonchev–Trinajstić information content (AvgIpc) is 3.58. The van der Waals surface area contributed by atoms with Gasteiger partial charge in [0.25, 0.3) is 0 Å². The first-order chi connectivity index (χ1) is 29.5. The molecule has 1 spiro atoms. The summed E-state index contributed by atoms with van der Waals surface area (Å²) in [4.78, 5) is 14.4. The van der Waals surface area contributed by atoms with Gasteiger partial charge >= 0.3 is 5.97 Å². The van der Waals surface area contributed by atoms with Crippen molar-refractivity contribution in [1.82, 2.24) is 0 Å². The molecular weight excluding hydrogens is 801 g/mol. The topological polar surface area (TPSA) is 170 Å². The summed E-state index contributed by atoms with van der Waals surface area (Å²) in [5, 5.41) is 34.2. The Morgan fingerprint density at radius 1 is 0.919 bits per heavy atom. The van der Waals surface area contributed by atoms with E-state index in [1.807, 2.05) is 19.1 Å². The normalized spacial score (nSPS) is 49.4. The molecule has 0 unspecified atom stereocenters. The van der Waals surface area contributed by atoms with E-state index in [1.165, 1.54) is 0 Å². The molecule has 7 rings (SSSR count). The second-order valence-corrected chi connectivity index (χ2v) is 19.4. The van der Waals surface area contributed by atoms with Crippen LogP contribution in [0.4, 0.5) is 0 Å². The molecule has 1 aliphatic carbocycles. The van der Waals surface area contributed by atoms with E-state index in [0.29, 0.717) is 61.5 Å². The van der Waals surface area contributed by atoms with Gasteiger partial charge in [-0.15, -0.1) is 0 Å². The molecule has 14 heteroatoms. The van der Waals surface area contributed by atoms with E-state index < -0.39 is 90.8 Å². The lowest BCUT2D eigenvalue weighted by Gasteiger charge is -2.51. The summed E-state index contributed by atoms with van der Waals surface area (Å²) in [6.07, 6.45) is 6.53. The number of hydrogen-bond acceptors (Lipinski definition) is 14. The van der Waals surface area contributed by atoms with Crippen molar-refractivity contribution >= 4 is 5.97 Å². The van der Waals surface area contributed by atoms with E-state index in [1.54, 1.807) is 40.2 Å². The molecule has 20 atom stereocenters. The van der Waals surface area contributed by atoms with Crippen molar-refractivity contribution in [2.75, 3.05) is 20.8 Å². The minimum Gasteiger partial charge on any atom is -0.462 e. The van der Waals surface area contributed by atoms with E-state index in [-0.39, 0.29) is 30.8 Å². The van der Waals surface area contributed by atoms with Crippen LogP contribution in [0.15, 0.2) is 47.1 Å². The van der Waals surface area contributed by atoms with Crippen molar-refractivity contribution in [2.45, 2.75) is 204 Å². The minimum atomic E-state index is -1.82. The van der Waals surface area contributed by atoms with Crippen LogP contribution in [0.2, 0.25) is 0 Å². The summed E-state index contributed by atoms with van der Waals surface area (Å²) >= 11 is 0. The predicted molar refractivity (Wildman–Crippen MR) is 227 cm³/mol. The number of carbonyl (C=O) groups is 1. The van der Waals surface area contributed by atoms with Crippen LogP contribution in [-0.2, 0) is 52.2 Å². The van der Waals surface area contributed by atoms with Crippen molar-refractivity contribution in [1.29, 1.82) is 0 Å². The molecule has 6 aliphatic heterocycles. The molecule has 2 bridgehead atoms. The number of allylic oxidation sites excluding steroid dienone is 2. The highest BCUT2D eigenvalue weighted by atomic mass is 16.7. The Kier molecular flexibility index (Phi) is 15.3. The Hall–Kier alpha value is -2.05. The SMILES string of the molecule is CC[C@@H](C)[C@H]1O[C@]2(CC[C@@H]1C)C[C@@H]1C[C@@H](C/C=C(\C)[C@@H](O[C@H]3C[C@H](OC)[C@@H](O[C@H]4C[C@H](OC)[C@@H](O)[C@H](C)O4)[C@H](C)O3)[C@@H](C)/C=C/C=C3\CO[C@@H]4[C@H](O)C(C)=C[C@H](C(=O)O1)[C@]34O)O2. The molecule has 0 saturated carbocycles. The van der Waals surface area contributed by atoms with Crippen molar-refractivity contribution in [2.24, 2.45) is 23.7 Å². The van der Waals surface area contributed by atoms with Crippen LogP contribution in [0.25, 0.3) is 0 Å². The number of aliphatic hydroxyl groups is 3. The Bertz CT molecular complexity index is 1680. The first-order valence-corrected chi connectivity index (χ1v) is 23.2. The maximum Gasteiger partial charge on any atom is 0.316 e. The zero-order valence-electron chi connectivity index (χ0n) is 38.5. The molecule has 14 nitrogen and oxygen atoms in total. The highest BCUT2D eigenvalue weighted by molar-refractivity contribution is 5.78. The van der Waals surface area contributed by atoms with E-state index in [9.17, 15) is 20.1 Å². The maximum atomic E-state index is 14.4. The summed E-state index contributed by atoms with van der Waals surface area (Å²) in [6, 6.07) is 0. The fraction of sp³-hybridized carbons (Fsp3) is 0.812. The van der Waals surface area contributed by atoms with Crippen molar-refractivity contribution < 1.29 is 67.5 Å². The quantitative estimate of drug-likeness (QED) is 0.204. The second kappa shape index (κ2) is 19.8. The van der Waals surface area contributed by atoms with Crippen molar-refractivity contribution in [3.8, 4) is 0 Å². The Labute approximate surface area is 368 Å². The summed E-state index contributed by atoms with van der Waals surface area (Å²) in [5.74, 6) is -2.10. The van der Waals surface area contributed by atoms with Crippen LogP contribution < -0.4 is 0 Å². The zero-order chi connectivity index (χ0) is 44.7. The Morgan fingerprint density at radius 3 is 2.35 bits per heavy atom. The monoisotopic (exact) mass is 875 g/mol. The van der Waals surface area contributed by atoms with Gasteiger partial charge in [-0.3, -0.25) is 4.79 Å².